The molecular formula is C13H27N3O. The van der Waals surface area contributed by atoms with Crippen molar-refractivity contribution in [1.82, 2.24) is 10.2 Å². The van der Waals surface area contributed by atoms with Crippen LogP contribution in [0.3, 0.4) is 0 Å². The molecular weight excluding hydrogens is 214 g/mol. The first kappa shape index (κ1) is 14.5. The van der Waals surface area contributed by atoms with Crippen LogP contribution in [0.15, 0.2) is 0 Å². The van der Waals surface area contributed by atoms with Gasteiger partial charge in [-0.2, -0.15) is 0 Å². The Labute approximate surface area is 105 Å². The van der Waals surface area contributed by atoms with Crippen LogP contribution in [0.5, 0.6) is 0 Å². The number of nitrogens with two attached hydrogens (primary N) is 1. The van der Waals surface area contributed by atoms with E-state index in [9.17, 15) is 4.79 Å². The standard InChI is InChI=1S/C13H27N3O/c1-4-13(2,10-14)16(3)9-12(17)15-11-7-5-6-8-11/h11H,4-10,14H2,1-3H3,(H,15,17). The van der Waals surface area contributed by atoms with E-state index in [2.05, 4.69) is 24.1 Å². The summed E-state index contributed by atoms with van der Waals surface area (Å²) in [5.74, 6) is 0.132. The number of nitrogens with one attached hydrogen (secondary N) is 1. The molecule has 1 aliphatic rings. The van der Waals surface area contributed by atoms with Crippen LogP contribution >= 0.6 is 0 Å². The molecule has 17 heavy (non-hydrogen) atoms. The summed E-state index contributed by atoms with van der Waals surface area (Å²) >= 11 is 0. The van der Waals surface area contributed by atoms with Crippen molar-refractivity contribution >= 4 is 5.91 Å². The second-order valence-corrected chi connectivity index (χ2v) is 5.46. The lowest BCUT2D eigenvalue weighted by Crippen LogP contribution is -2.53. The van der Waals surface area contributed by atoms with Crippen LogP contribution in [0.2, 0.25) is 0 Å². The molecule has 0 aromatic rings. The zero-order chi connectivity index (χ0) is 12.9. The van der Waals surface area contributed by atoms with Gasteiger partial charge in [-0.3, -0.25) is 9.69 Å². The second kappa shape index (κ2) is 6.36. The lowest BCUT2D eigenvalue weighted by atomic mass is 9.97. The molecule has 1 saturated carbocycles. The summed E-state index contributed by atoms with van der Waals surface area (Å²) in [6.45, 7) is 5.24. The molecule has 0 aromatic carbocycles. The maximum Gasteiger partial charge on any atom is 0.234 e. The van der Waals surface area contributed by atoms with E-state index in [4.69, 9.17) is 5.73 Å². The van der Waals surface area contributed by atoms with E-state index in [-0.39, 0.29) is 11.4 Å². The Morgan fingerprint density at radius 2 is 2.06 bits per heavy atom. The summed E-state index contributed by atoms with van der Waals surface area (Å²) in [6.07, 6.45) is 5.72. The van der Waals surface area contributed by atoms with Gasteiger partial charge in [-0.25, -0.2) is 0 Å². The van der Waals surface area contributed by atoms with Gasteiger partial charge in [0.1, 0.15) is 0 Å². The van der Waals surface area contributed by atoms with Crippen molar-refractivity contribution in [3.8, 4) is 0 Å². The van der Waals surface area contributed by atoms with Crippen LogP contribution in [0.4, 0.5) is 0 Å². The molecule has 0 heterocycles. The lowest BCUT2D eigenvalue weighted by Gasteiger charge is -2.37. The molecule has 0 saturated heterocycles. The van der Waals surface area contributed by atoms with Crippen LogP contribution in [0.1, 0.15) is 46.0 Å². The van der Waals surface area contributed by atoms with Crippen molar-refractivity contribution in [1.29, 1.82) is 0 Å². The van der Waals surface area contributed by atoms with Gasteiger partial charge in [-0.05, 0) is 33.2 Å². The Kier molecular flexibility index (Phi) is 5.40. The molecule has 0 bridgehead atoms. The zero-order valence-corrected chi connectivity index (χ0v) is 11.5. The van der Waals surface area contributed by atoms with Gasteiger partial charge in [0.05, 0.1) is 6.54 Å². The minimum atomic E-state index is -0.0764. The number of hydrogen-bond acceptors (Lipinski definition) is 3. The molecule has 1 aliphatic carbocycles. The summed E-state index contributed by atoms with van der Waals surface area (Å²) in [5.41, 5.74) is 5.71. The van der Waals surface area contributed by atoms with Crippen molar-refractivity contribution in [2.45, 2.75) is 57.5 Å². The summed E-state index contributed by atoms with van der Waals surface area (Å²) in [6, 6.07) is 0.404. The quantitative estimate of drug-likeness (QED) is 0.732. The molecule has 1 atom stereocenters. The molecule has 4 nitrogen and oxygen atoms in total. The predicted molar refractivity (Wildman–Crippen MR) is 70.8 cm³/mol. The van der Waals surface area contributed by atoms with Gasteiger partial charge in [0.25, 0.3) is 0 Å². The topological polar surface area (TPSA) is 58.4 Å². The molecule has 1 unspecified atom stereocenters. The third-order valence-corrected chi connectivity index (χ3v) is 4.22. The normalized spacial score (nSPS) is 20.5. The second-order valence-electron chi connectivity index (χ2n) is 5.46. The number of carbonyl (C=O) groups is 1. The molecule has 0 spiro atoms. The van der Waals surface area contributed by atoms with Crippen LogP contribution in [-0.2, 0) is 4.79 Å². The van der Waals surface area contributed by atoms with Gasteiger partial charge in [0.2, 0.25) is 5.91 Å². The summed E-state index contributed by atoms with van der Waals surface area (Å²) < 4.78 is 0. The molecule has 4 heteroatoms. The highest BCUT2D eigenvalue weighted by Gasteiger charge is 2.27. The average Bonchev–Trinajstić information content (AvgIpc) is 2.80. The van der Waals surface area contributed by atoms with Crippen molar-refractivity contribution in [3.05, 3.63) is 0 Å². The molecule has 0 radical (unpaired) electrons. The number of carbonyl (C=O) groups excluding carboxylic acids is 1. The predicted octanol–water partition coefficient (Wildman–Crippen LogP) is 1.10. The van der Waals surface area contributed by atoms with Crippen LogP contribution in [0.25, 0.3) is 0 Å². The Bertz CT molecular complexity index is 245. The molecule has 3 N–H and O–H groups in total. The van der Waals surface area contributed by atoms with Crippen LogP contribution in [0, 0.1) is 0 Å². The first-order valence-electron chi connectivity index (χ1n) is 6.72. The Balaban J connectivity index is 2.38. The third kappa shape index (κ3) is 3.96. The van der Waals surface area contributed by atoms with Crippen LogP contribution < -0.4 is 11.1 Å². The summed E-state index contributed by atoms with van der Waals surface area (Å²) in [5, 5.41) is 3.11. The zero-order valence-electron chi connectivity index (χ0n) is 11.5. The smallest absolute Gasteiger partial charge is 0.234 e. The fourth-order valence-electron chi connectivity index (χ4n) is 2.32. The van der Waals surface area contributed by atoms with Gasteiger partial charge in [0, 0.05) is 18.1 Å². The maximum absolute atomic E-state index is 11.9. The number of amides is 1. The van der Waals surface area contributed by atoms with Crippen molar-refractivity contribution in [2.75, 3.05) is 20.1 Å². The molecule has 100 valence electrons. The van der Waals surface area contributed by atoms with Gasteiger partial charge in [-0.1, -0.05) is 19.8 Å². The highest BCUT2D eigenvalue weighted by atomic mass is 16.2. The fraction of sp³-hybridized carbons (Fsp3) is 0.923. The summed E-state index contributed by atoms with van der Waals surface area (Å²) in [7, 11) is 1.98. The van der Waals surface area contributed by atoms with E-state index >= 15 is 0 Å². The Hall–Kier alpha value is -0.610. The Morgan fingerprint density at radius 1 is 1.47 bits per heavy atom. The minimum absolute atomic E-state index is 0.0764. The molecule has 0 aromatic heterocycles. The molecule has 1 fully saturated rings. The van der Waals surface area contributed by atoms with Gasteiger partial charge in [0.15, 0.2) is 0 Å². The Morgan fingerprint density at radius 3 is 2.53 bits per heavy atom. The number of hydrogen-bond donors (Lipinski definition) is 2. The lowest BCUT2D eigenvalue weighted by molar-refractivity contribution is -0.123. The van der Waals surface area contributed by atoms with Crippen LogP contribution in [-0.4, -0.2) is 42.5 Å². The van der Waals surface area contributed by atoms with E-state index in [1.807, 2.05) is 7.05 Å². The average molecular weight is 241 g/mol. The largest absolute Gasteiger partial charge is 0.352 e. The highest BCUT2D eigenvalue weighted by molar-refractivity contribution is 5.78. The number of rotatable bonds is 6. The summed E-state index contributed by atoms with van der Waals surface area (Å²) in [4.78, 5) is 14.0. The number of nitrogens with zero attached hydrogens (tertiary/aromatic N) is 1. The van der Waals surface area contributed by atoms with Crippen molar-refractivity contribution < 1.29 is 4.79 Å². The third-order valence-electron chi connectivity index (χ3n) is 4.22. The van der Waals surface area contributed by atoms with E-state index in [0.29, 0.717) is 19.1 Å². The SMILES string of the molecule is CCC(C)(CN)N(C)CC(=O)NC1CCCC1. The van der Waals surface area contributed by atoms with Gasteiger partial charge < -0.3 is 11.1 Å². The minimum Gasteiger partial charge on any atom is -0.352 e. The van der Waals surface area contributed by atoms with Gasteiger partial charge in [-0.15, -0.1) is 0 Å². The maximum atomic E-state index is 11.9. The van der Waals surface area contributed by atoms with Crippen molar-refractivity contribution in [2.24, 2.45) is 5.73 Å². The van der Waals surface area contributed by atoms with E-state index < -0.39 is 0 Å². The first-order valence-corrected chi connectivity index (χ1v) is 6.72. The van der Waals surface area contributed by atoms with Gasteiger partial charge >= 0.3 is 0 Å². The highest BCUT2D eigenvalue weighted by Crippen LogP contribution is 2.18. The first-order chi connectivity index (χ1) is 8.01. The van der Waals surface area contributed by atoms with E-state index in [1.54, 1.807) is 0 Å². The van der Waals surface area contributed by atoms with Crippen molar-refractivity contribution in [3.63, 3.8) is 0 Å². The molecule has 1 rings (SSSR count). The fourth-order valence-corrected chi connectivity index (χ4v) is 2.32. The molecule has 1 amide bonds. The monoisotopic (exact) mass is 241 g/mol. The molecule has 0 aliphatic heterocycles. The number of likely N-dealkylation sites (N-methyl/N-ethyl adjacent to an activating group) is 1. The van der Waals surface area contributed by atoms with E-state index in [0.717, 1.165) is 19.3 Å². The van der Waals surface area contributed by atoms with E-state index in [1.165, 1.54) is 12.8 Å².